The molecule has 0 bridgehead atoms. The number of methoxy groups -OCH3 is 1. The monoisotopic (exact) mass is 249 g/mol. The molecule has 1 aliphatic heterocycles. The van der Waals surface area contributed by atoms with Gasteiger partial charge in [-0.2, -0.15) is 0 Å². The molecule has 0 saturated carbocycles. The van der Waals surface area contributed by atoms with Gasteiger partial charge < -0.3 is 9.47 Å². The molecule has 0 saturated heterocycles. The second-order valence-electron chi connectivity index (χ2n) is 4.01. The number of nitrogens with zero attached hydrogens (tertiary/aromatic N) is 1. The Morgan fingerprint density at radius 2 is 2.29 bits per heavy atom. The minimum absolute atomic E-state index is 0.550. The van der Waals surface area contributed by atoms with Gasteiger partial charge in [-0.05, 0) is 6.07 Å². The molecule has 2 heterocycles. The molecule has 0 radical (unpaired) electrons. The Balaban J connectivity index is 2.35. The zero-order valence-electron chi connectivity index (χ0n) is 9.50. The number of pyridine rings is 1. The molecule has 4 heteroatoms. The van der Waals surface area contributed by atoms with Crippen LogP contribution < -0.4 is 4.74 Å². The van der Waals surface area contributed by atoms with Gasteiger partial charge in [0.2, 0.25) is 0 Å². The lowest BCUT2D eigenvalue weighted by Crippen LogP contribution is -2.12. The van der Waals surface area contributed by atoms with E-state index in [1.54, 1.807) is 7.11 Å². The van der Waals surface area contributed by atoms with Crippen LogP contribution in [0.2, 0.25) is 5.02 Å². The average molecular weight is 250 g/mol. The van der Waals surface area contributed by atoms with E-state index in [4.69, 9.17) is 21.1 Å². The Kier molecular flexibility index (Phi) is 2.65. The average Bonchev–Trinajstić information content (AvgIpc) is 2.38. The lowest BCUT2D eigenvalue weighted by atomic mass is 10.1. The smallest absolute Gasteiger partial charge is 0.145 e. The van der Waals surface area contributed by atoms with Crippen molar-refractivity contribution in [3.8, 4) is 5.75 Å². The maximum atomic E-state index is 6.41. The predicted octanol–water partition coefficient (Wildman–Crippen LogP) is 2.97. The number of fused-ring (bicyclic) bond motifs is 2. The van der Waals surface area contributed by atoms with Crippen LogP contribution in [0.4, 0.5) is 0 Å². The van der Waals surface area contributed by atoms with E-state index >= 15 is 0 Å². The van der Waals surface area contributed by atoms with E-state index in [-0.39, 0.29) is 0 Å². The van der Waals surface area contributed by atoms with Gasteiger partial charge in [-0.25, -0.2) is 4.98 Å². The zero-order chi connectivity index (χ0) is 11.8. The molecule has 3 rings (SSSR count). The fourth-order valence-electron chi connectivity index (χ4n) is 2.17. The van der Waals surface area contributed by atoms with Crippen LogP contribution in [0.5, 0.6) is 5.75 Å². The van der Waals surface area contributed by atoms with Crippen molar-refractivity contribution in [1.29, 1.82) is 0 Å². The molecule has 0 N–H and O–H groups in total. The van der Waals surface area contributed by atoms with Crippen molar-refractivity contribution in [2.45, 2.75) is 13.0 Å². The number of ether oxygens (including phenoxy) is 2. The number of hydrogen-bond donors (Lipinski definition) is 0. The van der Waals surface area contributed by atoms with E-state index in [1.165, 1.54) is 0 Å². The van der Waals surface area contributed by atoms with Crippen LogP contribution in [0.1, 0.15) is 11.3 Å². The molecular formula is C13H12ClNO2. The number of halogens is 1. The van der Waals surface area contributed by atoms with Crippen LogP contribution in [-0.4, -0.2) is 18.7 Å². The molecule has 0 spiro atoms. The van der Waals surface area contributed by atoms with Crippen LogP contribution in [0, 0.1) is 0 Å². The molecule has 0 unspecified atom stereocenters. The largest absolute Gasteiger partial charge is 0.494 e. The van der Waals surface area contributed by atoms with E-state index in [0.29, 0.717) is 13.2 Å². The first kappa shape index (κ1) is 10.8. The standard InChI is InChI=1S/C13H12ClNO2/c1-16-11-4-2-3-8-12(14)9-7-17-6-5-10(9)15-13(8)11/h2-4H,5-7H2,1H3. The summed E-state index contributed by atoms with van der Waals surface area (Å²) in [6.45, 7) is 1.26. The first-order valence-corrected chi connectivity index (χ1v) is 5.91. The summed E-state index contributed by atoms with van der Waals surface area (Å²) in [7, 11) is 1.65. The highest BCUT2D eigenvalue weighted by Gasteiger charge is 2.18. The SMILES string of the molecule is COc1cccc2c(Cl)c3c(nc12)CCOC3. The lowest BCUT2D eigenvalue weighted by Gasteiger charge is -2.18. The lowest BCUT2D eigenvalue weighted by molar-refractivity contribution is 0.109. The third-order valence-electron chi connectivity index (χ3n) is 3.05. The number of rotatable bonds is 1. The summed E-state index contributed by atoms with van der Waals surface area (Å²) < 4.78 is 10.7. The summed E-state index contributed by atoms with van der Waals surface area (Å²) in [5.74, 6) is 0.763. The fourth-order valence-corrected chi connectivity index (χ4v) is 2.48. The van der Waals surface area contributed by atoms with Gasteiger partial charge in [0.15, 0.2) is 0 Å². The highest BCUT2D eigenvalue weighted by atomic mass is 35.5. The third-order valence-corrected chi connectivity index (χ3v) is 3.48. The van der Waals surface area contributed by atoms with Gasteiger partial charge in [0, 0.05) is 17.4 Å². The van der Waals surface area contributed by atoms with Crippen molar-refractivity contribution in [1.82, 2.24) is 4.98 Å². The molecule has 0 atom stereocenters. The summed E-state index contributed by atoms with van der Waals surface area (Å²) in [6, 6.07) is 5.78. The van der Waals surface area contributed by atoms with Crippen molar-refractivity contribution < 1.29 is 9.47 Å². The fraction of sp³-hybridized carbons (Fsp3) is 0.308. The van der Waals surface area contributed by atoms with Gasteiger partial charge in [-0.1, -0.05) is 23.7 Å². The topological polar surface area (TPSA) is 31.4 Å². The van der Waals surface area contributed by atoms with Crippen LogP contribution >= 0.6 is 11.6 Å². The molecule has 2 aromatic rings. The molecule has 17 heavy (non-hydrogen) atoms. The van der Waals surface area contributed by atoms with E-state index in [9.17, 15) is 0 Å². The maximum absolute atomic E-state index is 6.41. The van der Waals surface area contributed by atoms with E-state index in [1.807, 2.05) is 18.2 Å². The molecule has 0 amide bonds. The Labute approximate surface area is 104 Å². The van der Waals surface area contributed by atoms with E-state index in [2.05, 4.69) is 4.98 Å². The predicted molar refractivity (Wildman–Crippen MR) is 66.7 cm³/mol. The van der Waals surface area contributed by atoms with Crippen molar-refractivity contribution in [3.63, 3.8) is 0 Å². The van der Waals surface area contributed by atoms with Crippen LogP contribution in [-0.2, 0) is 17.8 Å². The second-order valence-corrected chi connectivity index (χ2v) is 4.39. The first-order valence-electron chi connectivity index (χ1n) is 5.53. The minimum Gasteiger partial charge on any atom is -0.494 e. The van der Waals surface area contributed by atoms with Gasteiger partial charge in [0.05, 0.1) is 31.0 Å². The van der Waals surface area contributed by atoms with Gasteiger partial charge in [0.25, 0.3) is 0 Å². The highest BCUT2D eigenvalue weighted by molar-refractivity contribution is 6.36. The Hall–Kier alpha value is -1.32. The summed E-state index contributed by atoms with van der Waals surface area (Å²) in [5.41, 5.74) is 2.87. The number of para-hydroxylation sites is 1. The van der Waals surface area contributed by atoms with Crippen LogP contribution in [0.3, 0.4) is 0 Å². The quantitative estimate of drug-likeness (QED) is 0.779. The Morgan fingerprint density at radius 3 is 3.12 bits per heavy atom. The number of hydrogen-bond acceptors (Lipinski definition) is 3. The number of aromatic nitrogens is 1. The summed E-state index contributed by atoms with van der Waals surface area (Å²) in [4.78, 5) is 4.66. The highest BCUT2D eigenvalue weighted by Crippen LogP contribution is 2.34. The first-order chi connectivity index (χ1) is 8.31. The van der Waals surface area contributed by atoms with Gasteiger partial charge in [0.1, 0.15) is 11.3 Å². The Bertz CT molecular complexity index is 583. The Morgan fingerprint density at radius 1 is 1.41 bits per heavy atom. The van der Waals surface area contributed by atoms with Crippen LogP contribution in [0.25, 0.3) is 10.9 Å². The molecule has 88 valence electrons. The van der Waals surface area contributed by atoms with Crippen molar-refractivity contribution >= 4 is 22.5 Å². The number of benzene rings is 1. The maximum Gasteiger partial charge on any atom is 0.145 e. The third kappa shape index (κ3) is 1.66. The normalized spacial score (nSPS) is 14.7. The second kappa shape index (κ2) is 4.17. The minimum atomic E-state index is 0.550. The zero-order valence-corrected chi connectivity index (χ0v) is 10.3. The van der Waals surface area contributed by atoms with Gasteiger partial charge in [-0.3, -0.25) is 0 Å². The van der Waals surface area contributed by atoms with Gasteiger partial charge in [-0.15, -0.1) is 0 Å². The van der Waals surface area contributed by atoms with Crippen molar-refractivity contribution in [2.24, 2.45) is 0 Å². The molecule has 0 fully saturated rings. The molecular weight excluding hydrogens is 238 g/mol. The summed E-state index contributed by atoms with van der Waals surface area (Å²) in [5, 5.41) is 1.67. The summed E-state index contributed by atoms with van der Waals surface area (Å²) in [6.07, 6.45) is 0.809. The van der Waals surface area contributed by atoms with E-state index in [0.717, 1.165) is 39.4 Å². The molecule has 0 aliphatic carbocycles. The summed E-state index contributed by atoms with van der Waals surface area (Å²) >= 11 is 6.41. The molecule has 3 nitrogen and oxygen atoms in total. The van der Waals surface area contributed by atoms with E-state index < -0.39 is 0 Å². The molecule has 1 aromatic heterocycles. The van der Waals surface area contributed by atoms with Crippen molar-refractivity contribution in [3.05, 3.63) is 34.5 Å². The molecule has 1 aliphatic rings. The van der Waals surface area contributed by atoms with Crippen LogP contribution in [0.15, 0.2) is 18.2 Å². The van der Waals surface area contributed by atoms with Crippen molar-refractivity contribution in [2.75, 3.05) is 13.7 Å². The molecule has 1 aromatic carbocycles. The van der Waals surface area contributed by atoms with Gasteiger partial charge >= 0.3 is 0 Å².